The number of ether oxygens (including phenoxy) is 2. The molecule has 32 heavy (non-hydrogen) atoms. The molecule has 2 amide bonds. The highest BCUT2D eigenvalue weighted by atomic mass is 32.1. The lowest BCUT2D eigenvalue weighted by atomic mass is 9.89. The van der Waals surface area contributed by atoms with Crippen LogP contribution < -0.4 is 10.6 Å². The van der Waals surface area contributed by atoms with Crippen LogP contribution in [0.2, 0.25) is 0 Å². The van der Waals surface area contributed by atoms with Crippen molar-refractivity contribution in [2.45, 2.75) is 77.7 Å². The zero-order chi connectivity index (χ0) is 23.1. The molecule has 1 fully saturated rings. The molecule has 1 aromatic rings. The van der Waals surface area contributed by atoms with Crippen LogP contribution in [0.5, 0.6) is 0 Å². The topological polar surface area (TPSA) is 111 Å². The van der Waals surface area contributed by atoms with Gasteiger partial charge in [0.05, 0.1) is 12.2 Å². The quantitative estimate of drug-likeness (QED) is 0.571. The summed E-state index contributed by atoms with van der Waals surface area (Å²) in [5, 5.41) is 5.79. The Morgan fingerprint density at radius 3 is 2.50 bits per heavy atom. The van der Waals surface area contributed by atoms with E-state index in [0.29, 0.717) is 10.6 Å². The normalized spacial score (nSPS) is 17.1. The highest BCUT2D eigenvalue weighted by molar-refractivity contribution is 7.17. The fourth-order valence-electron chi connectivity index (χ4n) is 4.25. The molecule has 1 aromatic heterocycles. The lowest BCUT2D eigenvalue weighted by molar-refractivity contribution is -0.153. The van der Waals surface area contributed by atoms with Crippen molar-refractivity contribution in [1.29, 1.82) is 0 Å². The van der Waals surface area contributed by atoms with Gasteiger partial charge >= 0.3 is 11.9 Å². The number of amides is 2. The van der Waals surface area contributed by atoms with Gasteiger partial charge in [-0.1, -0.05) is 19.3 Å². The molecule has 9 heteroatoms. The number of rotatable bonds is 8. The number of aryl methyl sites for hydroxylation is 1. The standard InChI is InChI=1S/C23H32N2O6S/c1-3-30-23(29)19-16-11-7-8-12-17(16)32-22(19)25-20(27)14(2)31-18(26)13-24-21(28)15-9-5-4-6-10-15/h14-15H,3-13H2,1-2H3,(H,24,28)(H,25,27). The van der Waals surface area contributed by atoms with Crippen molar-refractivity contribution in [3.8, 4) is 0 Å². The van der Waals surface area contributed by atoms with Crippen LogP contribution in [0.25, 0.3) is 0 Å². The van der Waals surface area contributed by atoms with Crippen LogP contribution in [-0.2, 0) is 36.7 Å². The minimum Gasteiger partial charge on any atom is -0.462 e. The monoisotopic (exact) mass is 464 g/mol. The molecule has 176 valence electrons. The number of anilines is 1. The summed E-state index contributed by atoms with van der Waals surface area (Å²) in [5.74, 6) is -1.84. The number of esters is 2. The highest BCUT2D eigenvalue weighted by Gasteiger charge is 2.29. The molecule has 1 atom stereocenters. The Hall–Kier alpha value is -2.42. The molecular weight excluding hydrogens is 432 g/mol. The van der Waals surface area contributed by atoms with Crippen LogP contribution in [0.3, 0.4) is 0 Å². The molecule has 0 radical (unpaired) electrons. The van der Waals surface area contributed by atoms with Crippen LogP contribution in [0.1, 0.15) is 79.6 Å². The van der Waals surface area contributed by atoms with Gasteiger partial charge in [-0.25, -0.2) is 4.79 Å². The molecule has 1 unspecified atom stereocenters. The van der Waals surface area contributed by atoms with E-state index in [0.717, 1.165) is 68.2 Å². The first-order valence-corrected chi connectivity index (χ1v) is 12.3. The van der Waals surface area contributed by atoms with E-state index >= 15 is 0 Å². The Balaban J connectivity index is 1.56. The van der Waals surface area contributed by atoms with Crippen molar-refractivity contribution in [2.24, 2.45) is 5.92 Å². The van der Waals surface area contributed by atoms with Gasteiger partial charge in [0.15, 0.2) is 6.10 Å². The summed E-state index contributed by atoms with van der Waals surface area (Å²) in [5.41, 5.74) is 1.36. The van der Waals surface area contributed by atoms with Gasteiger partial charge in [-0.2, -0.15) is 0 Å². The Labute approximate surface area is 192 Å². The molecule has 2 aliphatic carbocycles. The van der Waals surface area contributed by atoms with E-state index < -0.39 is 23.9 Å². The smallest absolute Gasteiger partial charge is 0.341 e. The molecule has 0 saturated heterocycles. The second-order valence-corrected chi connectivity index (χ2v) is 9.41. The Morgan fingerprint density at radius 2 is 1.78 bits per heavy atom. The Morgan fingerprint density at radius 1 is 1.06 bits per heavy atom. The second-order valence-electron chi connectivity index (χ2n) is 8.31. The van der Waals surface area contributed by atoms with Crippen molar-refractivity contribution in [3.05, 3.63) is 16.0 Å². The fourth-order valence-corrected chi connectivity index (χ4v) is 5.53. The molecule has 3 rings (SSSR count). The first-order chi connectivity index (χ1) is 15.4. The van der Waals surface area contributed by atoms with Gasteiger partial charge in [0.25, 0.3) is 5.91 Å². The second kappa shape index (κ2) is 11.4. The highest BCUT2D eigenvalue weighted by Crippen LogP contribution is 2.38. The van der Waals surface area contributed by atoms with E-state index in [1.165, 1.54) is 18.3 Å². The SMILES string of the molecule is CCOC(=O)c1c(NC(=O)C(C)OC(=O)CNC(=O)C2CCCCC2)sc2c1CCCC2. The van der Waals surface area contributed by atoms with Crippen molar-refractivity contribution in [2.75, 3.05) is 18.5 Å². The Bertz CT molecular complexity index is 859. The van der Waals surface area contributed by atoms with Gasteiger partial charge in [-0.15, -0.1) is 11.3 Å². The largest absolute Gasteiger partial charge is 0.462 e. The van der Waals surface area contributed by atoms with E-state index in [-0.39, 0.29) is 25.0 Å². The van der Waals surface area contributed by atoms with Crippen LogP contribution in [0.15, 0.2) is 0 Å². The number of hydrogen-bond donors (Lipinski definition) is 2. The summed E-state index contributed by atoms with van der Waals surface area (Å²) in [4.78, 5) is 50.6. The van der Waals surface area contributed by atoms with Crippen molar-refractivity contribution in [1.82, 2.24) is 5.32 Å². The molecule has 0 bridgehead atoms. The minimum absolute atomic E-state index is 0.0524. The van der Waals surface area contributed by atoms with Crippen LogP contribution in [-0.4, -0.2) is 43.0 Å². The zero-order valence-electron chi connectivity index (χ0n) is 18.8. The molecule has 8 nitrogen and oxygen atoms in total. The first-order valence-electron chi connectivity index (χ1n) is 11.5. The number of carbonyl (C=O) groups excluding carboxylic acids is 4. The van der Waals surface area contributed by atoms with Crippen molar-refractivity contribution < 1.29 is 28.7 Å². The van der Waals surface area contributed by atoms with E-state index in [9.17, 15) is 19.2 Å². The minimum atomic E-state index is -1.07. The van der Waals surface area contributed by atoms with Crippen LogP contribution in [0, 0.1) is 5.92 Å². The Kier molecular flexibility index (Phi) is 8.67. The number of hydrogen-bond acceptors (Lipinski definition) is 7. The van der Waals surface area contributed by atoms with Crippen molar-refractivity contribution >= 4 is 40.1 Å². The summed E-state index contributed by atoms with van der Waals surface area (Å²) in [6.07, 6.45) is 7.50. The average Bonchev–Trinajstić information content (AvgIpc) is 3.16. The third-order valence-corrected chi connectivity index (χ3v) is 7.16. The number of carbonyl (C=O) groups is 4. The summed E-state index contributed by atoms with van der Waals surface area (Å²) in [7, 11) is 0. The maximum Gasteiger partial charge on any atom is 0.341 e. The van der Waals surface area contributed by atoms with Gasteiger partial charge in [0.2, 0.25) is 5.91 Å². The van der Waals surface area contributed by atoms with E-state index in [2.05, 4.69) is 10.6 Å². The molecule has 2 N–H and O–H groups in total. The molecule has 0 spiro atoms. The van der Waals surface area contributed by atoms with Gasteiger partial charge < -0.3 is 20.1 Å². The lowest BCUT2D eigenvalue weighted by Crippen LogP contribution is -2.38. The first kappa shape index (κ1) is 24.2. The number of fused-ring (bicyclic) bond motifs is 1. The molecular formula is C23H32N2O6S. The zero-order valence-corrected chi connectivity index (χ0v) is 19.6. The maximum absolute atomic E-state index is 12.7. The maximum atomic E-state index is 12.7. The molecule has 2 aliphatic rings. The lowest BCUT2D eigenvalue weighted by Gasteiger charge is -2.20. The fraction of sp³-hybridized carbons (Fsp3) is 0.652. The molecule has 0 aliphatic heterocycles. The summed E-state index contributed by atoms with van der Waals surface area (Å²) in [6.45, 7) is 3.18. The van der Waals surface area contributed by atoms with Crippen LogP contribution >= 0.6 is 11.3 Å². The molecule has 0 aromatic carbocycles. The van der Waals surface area contributed by atoms with E-state index in [1.807, 2.05) is 0 Å². The van der Waals surface area contributed by atoms with E-state index in [4.69, 9.17) is 9.47 Å². The summed E-state index contributed by atoms with van der Waals surface area (Å²) in [6, 6.07) is 0. The van der Waals surface area contributed by atoms with Gasteiger partial charge in [-0.05, 0) is 57.9 Å². The predicted octanol–water partition coefficient (Wildman–Crippen LogP) is 3.37. The average molecular weight is 465 g/mol. The molecule has 1 saturated carbocycles. The number of thiophene rings is 1. The van der Waals surface area contributed by atoms with Gasteiger partial charge in [-0.3, -0.25) is 14.4 Å². The third-order valence-electron chi connectivity index (χ3n) is 5.95. The van der Waals surface area contributed by atoms with Gasteiger partial charge in [0.1, 0.15) is 11.5 Å². The molecule has 1 heterocycles. The van der Waals surface area contributed by atoms with Crippen LogP contribution in [0.4, 0.5) is 5.00 Å². The predicted molar refractivity (Wildman–Crippen MR) is 121 cm³/mol. The van der Waals surface area contributed by atoms with E-state index in [1.54, 1.807) is 6.92 Å². The summed E-state index contributed by atoms with van der Waals surface area (Å²) < 4.78 is 10.4. The summed E-state index contributed by atoms with van der Waals surface area (Å²) >= 11 is 1.38. The number of nitrogens with one attached hydrogen (secondary N) is 2. The third kappa shape index (κ3) is 6.09. The van der Waals surface area contributed by atoms with Gasteiger partial charge in [0, 0.05) is 10.8 Å². The van der Waals surface area contributed by atoms with Crippen molar-refractivity contribution in [3.63, 3.8) is 0 Å².